The van der Waals surface area contributed by atoms with E-state index in [-0.39, 0.29) is 12.3 Å². The number of benzene rings is 1. The zero-order chi connectivity index (χ0) is 20.3. The highest BCUT2D eigenvalue weighted by Gasteiger charge is 2.56. The van der Waals surface area contributed by atoms with Crippen LogP contribution in [0.1, 0.15) is 57.1 Å². The first kappa shape index (κ1) is 18.5. The summed E-state index contributed by atoms with van der Waals surface area (Å²) in [6.07, 6.45) is 6.29. The lowest BCUT2D eigenvalue weighted by Gasteiger charge is -2.56. The summed E-state index contributed by atoms with van der Waals surface area (Å²) in [6.45, 7) is 1.45. The van der Waals surface area contributed by atoms with Crippen molar-refractivity contribution in [1.29, 1.82) is 0 Å². The first-order chi connectivity index (χ1) is 13.9. The van der Waals surface area contributed by atoms with Gasteiger partial charge in [-0.15, -0.1) is 0 Å². The molecule has 0 N–H and O–H groups in total. The molecule has 4 bridgehead atoms. The van der Waals surface area contributed by atoms with Gasteiger partial charge in [-0.25, -0.2) is 14.6 Å². The normalized spacial score (nSPS) is 34.2. The Morgan fingerprint density at radius 1 is 0.966 bits per heavy atom. The average molecular weight is 394 g/mol. The fraction of sp³-hybridized carbons (Fsp3) is 0.565. The van der Waals surface area contributed by atoms with Crippen LogP contribution >= 0.6 is 0 Å². The van der Waals surface area contributed by atoms with Crippen LogP contribution in [0.2, 0.25) is 0 Å². The molecule has 1 unspecified atom stereocenters. The fourth-order valence-electron chi connectivity index (χ4n) is 6.65. The lowest BCUT2D eigenvalue weighted by Crippen LogP contribution is -2.53. The number of carbonyl (C=O) groups is 4. The van der Waals surface area contributed by atoms with Crippen LogP contribution in [0, 0.1) is 23.2 Å². The number of amides is 4. The van der Waals surface area contributed by atoms with Crippen LogP contribution in [-0.4, -0.2) is 40.0 Å². The summed E-state index contributed by atoms with van der Waals surface area (Å²) in [7, 11) is 0. The lowest BCUT2D eigenvalue weighted by atomic mass is 9.48. The summed E-state index contributed by atoms with van der Waals surface area (Å²) >= 11 is 0. The van der Waals surface area contributed by atoms with Gasteiger partial charge in [0.05, 0.1) is 12.6 Å². The molecule has 6 heteroatoms. The minimum atomic E-state index is -0.879. The maximum Gasteiger partial charge on any atom is 0.335 e. The van der Waals surface area contributed by atoms with Gasteiger partial charge in [0.1, 0.15) is 0 Å². The smallest absolute Gasteiger partial charge is 0.297 e. The van der Waals surface area contributed by atoms with Crippen LogP contribution in [0.15, 0.2) is 30.3 Å². The van der Waals surface area contributed by atoms with E-state index in [1.165, 1.54) is 19.3 Å². The molecule has 29 heavy (non-hydrogen) atoms. The van der Waals surface area contributed by atoms with Crippen molar-refractivity contribution in [2.24, 2.45) is 23.2 Å². The summed E-state index contributed by atoms with van der Waals surface area (Å²) in [4.78, 5) is 53.3. The summed E-state index contributed by atoms with van der Waals surface area (Å²) in [5, 5.41) is 0. The molecule has 1 aliphatic heterocycles. The van der Waals surface area contributed by atoms with E-state index in [1.807, 2.05) is 30.3 Å². The third-order valence-electron chi connectivity index (χ3n) is 7.68. The second kappa shape index (κ2) is 6.51. The topological polar surface area (TPSA) is 74.8 Å². The van der Waals surface area contributed by atoms with E-state index < -0.39 is 29.3 Å². The zero-order valence-corrected chi connectivity index (χ0v) is 16.7. The minimum Gasteiger partial charge on any atom is -0.297 e. The Balaban J connectivity index is 1.35. The number of urea groups is 1. The molecule has 4 saturated carbocycles. The van der Waals surface area contributed by atoms with Gasteiger partial charge in [-0.1, -0.05) is 30.3 Å². The molecule has 152 valence electrons. The van der Waals surface area contributed by atoms with Crippen LogP contribution in [0.25, 0.3) is 0 Å². The summed E-state index contributed by atoms with van der Waals surface area (Å²) in [6, 6.07) is 7.91. The molecule has 4 aliphatic carbocycles. The van der Waals surface area contributed by atoms with Crippen LogP contribution in [0.5, 0.6) is 0 Å². The SMILES string of the molecule is CC(c1ccccc1)N1C(=O)C(=O)N(CC(=O)C23CC4CC(CC(C4)C2)C3)C1=O. The Hall–Kier alpha value is -2.50. The monoisotopic (exact) mass is 394 g/mol. The summed E-state index contributed by atoms with van der Waals surface area (Å²) < 4.78 is 0. The molecule has 1 saturated heterocycles. The highest BCUT2D eigenvalue weighted by atomic mass is 16.2. The van der Waals surface area contributed by atoms with E-state index in [2.05, 4.69) is 0 Å². The second-order valence-electron chi connectivity index (χ2n) is 9.56. The molecular formula is C23H26N2O4. The number of carbonyl (C=O) groups excluding carboxylic acids is 4. The van der Waals surface area contributed by atoms with Crippen molar-refractivity contribution in [3.63, 3.8) is 0 Å². The van der Waals surface area contributed by atoms with E-state index in [9.17, 15) is 19.2 Å². The van der Waals surface area contributed by atoms with E-state index in [0.29, 0.717) is 17.8 Å². The Labute approximate surface area is 170 Å². The van der Waals surface area contributed by atoms with E-state index in [4.69, 9.17) is 0 Å². The van der Waals surface area contributed by atoms with E-state index in [0.717, 1.165) is 34.6 Å². The number of hydrogen-bond acceptors (Lipinski definition) is 4. The van der Waals surface area contributed by atoms with Crippen molar-refractivity contribution in [3.8, 4) is 0 Å². The molecule has 4 amide bonds. The maximum atomic E-state index is 13.3. The van der Waals surface area contributed by atoms with Gasteiger partial charge in [-0.05, 0) is 68.8 Å². The largest absolute Gasteiger partial charge is 0.335 e. The molecule has 1 aromatic rings. The van der Waals surface area contributed by atoms with Crippen molar-refractivity contribution < 1.29 is 19.2 Å². The lowest BCUT2D eigenvalue weighted by molar-refractivity contribution is -0.149. The number of hydrogen-bond donors (Lipinski definition) is 0. The molecule has 6 nitrogen and oxygen atoms in total. The Bertz CT molecular complexity index is 858. The average Bonchev–Trinajstić information content (AvgIpc) is 2.90. The van der Waals surface area contributed by atoms with Crippen LogP contribution in [0.4, 0.5) is 4.79 Å². The molecule has 1 atom stereocenters. The number of Topliss-reactive ketones (excluding diaryl/α,β-unsaturated/α-hetero) is 1. The van der Waals surface area contributed by atoms with Crippen molar-refractivity contribution in [3.05, 3.63) is 35.9 Å². The van der Waals surface area contributed by atoms with Crippen LogP contribution in [0.3, 0.4) is 0 Å². The van der Waals surface area contributed by atoms with Gasteiger partial charge >= 0.3 is 17.8 Å². The number of rotatable bonds is 5. The van der Waals surface area contributed by atoms with Gasteiger partial charge in [0, 0.05) is 5.41 Å². The third-order valence-corrected chi connectivity index (χ3v) is 7.68. The van der Waals surface area contributed by atoms with Gasteiger partial charge in [0.25, 0.3) is 0 Å². The fourth-order valence-corrected chi connectivity index (χ4v) is 6.65. The molecule has 1 aromatic carbocycles. The van der Waals surface area contributed by atoms with Crippen molar-refractivity contribution in [2.75, 3.05) is 6.54 Å². The van der Waals surface area contributed by atoms with E-state index >= 15 is 0 Å². The van der Waals surface area contributed by atoms with Crippen molar-refractivity contribution in [2.45, 2.75) is 51.5 Å². The number of ketones is 1. The van der Waals surface area contributed by atoms with Gasteiger partial charge < -0.3 is 0 Å². The second-order valence-corrected chi connectivity index (χ2v) is 9.56. The molecular weight excluding hydrogens is 368 g/mol. The molecule has 0 radical (unpaired) electrons. The Morgan fingerprint density at radius 3 is 2.07 bits per heavy atom. The van der Waals surface area contributed by atoms with E-state index in [1.54, 1.807) is 6.92 Å². The Kier molecular flexibility index (Phi) is 4.16. The first-order valence-electron chi connectivity index (χ1n) is 10.7. The van der Waals surface area contributed by atoms with Crippen molar-refractivity contribution >= 4 is 23.6 Å². The minimum absolute atomic E-state index is 0.0275. The Morgan fingerprint density at radius 2 is 1.52 bits per heavy atom. The standard InChI is InChI=1S/C23H26N2O4/c1-14(18-5-3-2-4-6-18)25-21(28)20(27)24(22(25)29)13-19(26)23-10-15-7-16(11-23)9-17(8-15)12-23/h2-6,14-17H,7-13H2,1H3. The highest BCUT2D eigenvalue weighted by Crippen LogP contribution is 2.60. The predicted octanol–water partition coefficient (Wildman–Crippen LogP) is 3.32. The molecule has 5 fully saturated rings. The molecule has 6 rings (SSSR count). The zero-order valence-electron chi connectivity index (χ0n) is 16.7. The maximum absolute atomic E-state index is 13.3. The van der Waals surface area contributed by atoms with Crippen molar-refractivity contribution in [1.82, 2.24) is 9.80 Å². The molecule has 1 heterocycles. The molecule has 0 aromatic heterocycles. The van der Waals surface area contributed by atoms with Gasteiger partial charge in [0.15, 0.2) is 5.78 Å². The van der Waals surface area contributed by atoms with Crippen LogP contribution in [-0.2, 0) is 14.4 Å². The van der Waals surface area contributed by atoms with Gasteiger partial charge in [-0.3, -0.25) is 14.4 Å². The van der Waals surface area contributed by atoms with Gasteiger partial charge in [0.2, 0.25) is 0 Å². The van der Waals surface area contributed by atoms with Crippen LogP contribution < -0.4 is 0 Å². The third kappa shape index (κ3) is 2.83. The predicted molar refractivity (Wildman–Crippen MR) is 104 cm³/mol. The summed E-state index contributed by atoms with van der Waals surface area (Å²) in [5.41, 5.74) is 0.382. The molecule has 0 spiro atoms. The highest BCUT2D eigenvalue weighted by molar-refractivity contribution is 6.45. The first-order valence-corrected chi connectivity index (χ1v) is 10.7. The summed E-state index contributed by atoms with van der Waals surface area (Å²) in [5.74, 6) is 0.0603. The number of imide groups is 2. The number of nitrogens with zero attached hydrogens (tertiary/aromatic N) is 2. The quantitative estimate of drug-likeness (QED) is 0.567. The van der Waals surface area contributed by atoms with Gasteiger partial charge in [-0.2, -0.15) is 0 Å². The molecule has 5 aliphatic rings.